The number of halogens is 2. The van der Waals surface area contributed by atoms with Gasteiger partial charge in [-0.15, -0.1) is 0 Å². The van der Waals surface area contributed by atoms with Crippen LogP contribution in [0.2, 0.25) is 0 Å². The van der Waals surface area contributed by atoms with Gasteiger partial charge >= 0.3 is 0 Å². The molecule has 0 atom stereocenters. The van der Waals surface area contributed by atoms with Gasteiger partial charge in [-0.2, -0.15) is 0 Å². The Morgan fingerprint density at radius 2 is 2.28 bits per heavy atom. The van der Waals surface area contributed by atoms with E-state index in [1.807, 2.05) is 0 Å². The molecule has 18 heavy (non-hydrogen) atoms. The van der Waals surface area contributed by atoms with Gasteiger partial charge in [0.05, 0.1) is 10.6 Å². The van der Waals surface area contributed by atoms with E-state index in [0.29, 0.717) is 0 Å². The number of hydrogen-bond donors (Lipinski definition) is 2. The van der Waals surface area contributed by atoms with Gasteiger partial charge in [-0.25, -0.2) is 8.78 Å². The lowest BCUT2D eigenvalue weighted by molar-refractivity contribution is -0.384. The van der Waals surface area contributed by atoms with Gasteiger partial charge in [-0.3, -0.25) is 10.1 Å². The summed E-state index contributed by atoms with van der Waals surface area (Å²) in [6, 6.07) is 3.42. The lowest BCUT2D eigenvalue weighted by atomic mass is 10.2. The van der Waals surface area contributed by atoms with E-state index < -0.39 is 18.0 Å². The average molecular weight is 277 g/mol. The SMILES string of the molecule is NC(=S)Nc1cc([N+](=O)[O-])ccc1OCC(F)F. The summed E-state index contributed by atoms with van der Waals surface area (Å²) in [5, 5.41) is 12.8. The molecule has 0 fully saturated rings. The van der Waals surface area contributed by atoms with Crippen LogP contribution >= 0.6 is 12.2 Å². The van der Waals surface area contributed by atoms with Crippen LogP contribution in [0.25, 0.3) is 0 Å². The van der Waals surface area contributed by atoms with Crippen molar-refractivity contribution in [1.29, 1.82) is 0 Å². The molecule has 1 rings (SSSR count). The number of thiocarbonyl (C=S) groups is 1. The molecule has 0 amide bonds. The molecular formula is C9H9F2N3O3S. The van der Waals surface area contributed by atoms with Gasteiger partial charge in [0.25, 0.3) is 12.1 Å². The molecular weight excluding hydrogens is 268 g/mol. The van der Waals surface area contributed by atoms with E-state index in [4.69, 9.17) is 10.5 Å². The molecule has 0 unspecified atom stereocenters. The smallest absolute Gasteiger partial charge is 0.272 e. The largest absolute Gasteiger partial charge is 0.485 e. The molecule has 3 N–H and O–H groups in total. The Kier molecular flexibility index (Phi) is 4.72. The maximum atomic E-state index is 12.0. The number of nitrogens with zero attached hydrogens (tertiary/aromatic N) is 1. The minimum atomic E-state index is -2.65. The van der Waals surface area contributed by atoms with Crippen molar-refractivity contribution in [1.82, 2.24) is 0 Å². The van der Waals surface area contributed by atoms with E-state index in [-0.39, 0.29) is 22.2 Å². The summed E-state index contributed by atoms with van der Waals surface area (Å²) in [6.07, 6.45) is -2.65. The first-order chi connectivity index (χ1) is 8.40. The van der Waals surface area contributed by atoms with E-state index >= 15 is 0 Å². The first kappa shape index (κ1) is 14.0. The average Bonchev–Trinajstić information content (AvgIpc) is 2.26. The van der Waals surface area contributed by atoms with Crippen molar-refractivity contribution >= 4 is 28.7 Å². The van der Waals surface area contributed by atoms with Crippen LogP contribution in [0, 0.1) is 10.1 Å². The van der Waals surface area contributed by atoms with Gasteiger partial charge in [0, 0.05) is 12.1 Å². The number of anilines is 1. The van der Waals surface area contributed by atoms with Crippen LogP contribution in [0.15, 0.2) is 18.2 Å². The molecule has 0 aliphatic heterocycles. The minimum Gasteiger partial charge on any atom is -0.485 e. The first-order valence-electron chi connectivity index (χ1n) is 4.66. The van der Waals surface area contributed by atoms with E-state index in [1.54, 1.807) is 0 Å². The third-order valence-corrected chi connectivity index (χ3v) is 1.90. The van der Waals surface area contributed by atoms with Gasteiger partial charge in [0.2, 0.25) is 0 Å². The molecule has 1 aromatic rings. The van der Waals surface area contributed by atoms with Crippen molar-refractivity contribution in [3.8, 4) is 5.75 Å². The lowest BCUT2D eigenvalue weighted by Crippen LogP contribution is -2.20. The molecule has 9 heteroatoms. The molecule has 0 radical (unpaired) electrons. The fourth-order valence-electron chi connectivity index (χ4n) is 1.14. The van der Waals surface area contributed by atoms with Crippen LogP contribution in [0.5, 0.6) is 5.75 Å². The fourth-order valence-corrected chi connectivity index (χ4v) is 1.25. The molecule has 0 saturated carbocycles. The summed E-state index contributed by atoms with van der Waals surface area (Å²) >= 11 is 4.57. The zero-order valence-electron chi connectivity index (χ0n) is 8.93. The standard InChI is InChI=1S/C9H9F2N3O3S/c10-8(11)4-17-7-2-1-5(14(15)16)3-6(7)13-9(12)18/h1-3,8H,4H2,(H3,12,13,18). The van der Waals surface area contributed by atoms with Crippen molar-refractivity contribution in [3.05, 3.63) is 28.3 Å². The maximum absolute atomic E-state index is 12.0. The number of rotatable bonds is 5. The Labute approximate surface area is 106 Å². The number of alkyl halides is 2. The van der Waals surface area contributed by atoms with Crippen LogP contribution in [0.1, 0.15) is 0 Å². The van der Waals surface area contributed by atoms with Gasteiger partial charge in [0.15, 0.2) is 5.11 Å². The second kappa shape index (κ2) is 6.05. The van der Waals surface area contributed by atoms with Gasteiger partial charge in [0.1, 0.15) is 12.4 Å². The number of nitro groups is 1. The van der Waals surface area contributed by atoms with Crippen molar-refractivity contribution in [3.63, 3.8) is 0 Å². The predicted octanol–water partition coefficient (Wildman–Crippen LogP) is 1.89. The maximum Gasteiger partial charge on any atom is 0.272 e. The summed E-state index contributed by atoms with van der Waals surface area (Å²) in [7, 11) is 0. The van der Waals surface area contributed by atoms with E-state index in [2.05, 4.69) is 17.5 Å². The van der Waals surface area contributed by atoms with E-state index in [0.717, 1.165) is 12.1 Å². The van der Waals surface area contributed by atoms with E-state index in [1.165, 1.54) is 6.07 Å². The number of nitro benzene ring substituents is 1. The van der Waals surface area contributed by atoms with Crippen LogP contribution in [0.3, 0.4) is 0 Å². The highest BCUT2D eigenvalue weighted by atomic mass is 32.1. The Morgan fingerprint density at radius 1 is 1.61 bits per heavy atom. The fraction of sp³-hybridized carbons (Fsp3) is 0.222. The highest BCUT2D eigenvalue weighted by molar-refractivity contribution is 7.80. The summed E-state index contributed by atoms with van der Waals surface area (Å²) in [5.74, 6) is 0.00806. The zero-order valence-corrected chi connectivity index (χ0v) is 9.75. The minimum absolute atomic E-state index is 0.00806. The highest BCUT2D eigenvalue weighted by Crippen LogP contribution is 2.29. The molecule has 1 aromatic carbocycles. The zero-order chi connectivity index (χ0) is 13.7. The molecule has 0 heterocycles. The monoisotopic (exact) mass is 277 g/mol. The third kappa shape index (κ3) is 4.09. The van der Waals surface area contributed by atoms with E-state index in [9.17, 15) is 18.9 Å². The first-order valence-corrected chi connectivity index (χ1v) is 5.07. The number of benzene rings is 1. The van der Waals surface area contributed by atoms with Crippen molar-refractivity contribution < 1.29 is 18.4 Å². The molecule has 98 valence electrons. The molecule has 0 bridgehead atoms. The van der Waals surface area contributed by atoms with Gasteiger partial charge < -0.3 is 15.8 Å². The third-order valence-electron chi connectivity index (χ3n) is 1.80. The summed E-state index contributed by atoms with van der Waals surface area (Å²) in [4.78, 5) is 9.93. The Balaban J connectivity index is 3.00. The quantitative estimate of drug-likeness (QED) is 0.485. The Hall–Kier alpha value is -2.03. The highest BCUT2D eigenvalue weighted by Gasteiger charge is 2.13. The summed E-state index contributed by atoms with van der Waals surface area (Å²) in [6.45, 7) is -0.830. The lowest BCUT2D eigenvalue weighted by Gasteiger charge is -2.11. The van der Waals surface area contributed by atoms with Crippen LogP contribution < -0.4 is 15.8 Å². The van der Waals surface area contributed by atoms with Crippen molar-refractivity contribution in [2.45, 2.75) is 6.43 Å². The Morgan fingerprint density at radius 3 is 2.78 bits per heavy atom. The number of nitrogens with two attached hydrogens (primary N) is 1. The molecule has 6 nitrogen and oxygen atoms in total. The van der Waals surface area contributed by atoms with Gasteiger partial charge in [-0.1, -0.05) is 0 Å². The van der Waals surface area contributed by atoms with Crippen LogP contribution in [0.4, 0.5) is 20.2 Å². The van der Waals surface area contributed by atoms with Crippen LogP contribution in [-0.4, -0.2) is 23.1 Å². The molecule has 0 spiro atoms. The van der Waals surface area contributed by atoms with Crippen LogP contribution in [-0.2, 0) is 0 Å². The predicted molar refractivity (Wildman–Crippen MR) is 65.0 cm³/mol. The second-order valence-corrected chi connectivity index (χ2v) is 3.57. The normalized spacial score (nSPS) is 10.2. The second-order valence-electron chi connectivity index (χ2n) is 3.13. The molecule has 0 aliphatic carbocycles. The molecule has 0 saturated heterocycles. The number of nitrogens with one attached hydrogen (secondary N) is 1. The molecule has 0 aromatic heterocycles. The number of ether oxygens (including phenoxy) is 1. The van der Waals surface area contributed by atoms with Crippen molar-refractivity contribution in [2.75, 3.05) is 11.9 Å². The number of non-ortho nitro benzene ring substituents is 1. The number of hydrogen-bond acceptors (Lipinski definition) is 4. The molecule has 0 aliphatic rings. The topological polar surface area (TPSA) is 90.4 Å². The van der Waals surface area contributed by atoms with Crippen molar-refractivity contribution in [2.24, 2.45) is 5.73 Å². The Bertz CT molecular complexity index is 470. The summed E-state index contributed by atoms with van der Waals surface area (Å²) < 4.78 is 28.8. The summed E-state index contributed by atoms with van der Waals surface area (Å²) in [5.41, 5.74) is 5.05. The van der Waals surface area contributed by atoms with Gasteiger partial charge in [-0.05, 0) is 18.3 Å².